The topological polar surface area (TPSA) is 75.4 Å². The van der Waals surface area contributed by atoms with Crippen LogP contribution in [0.25, 0.3) is 0 Å². The fourth-order valence-electron chi connectivity index (χ4n) is 2.68. The van der Waals surface area contributed by atoms with Gasteiger partial charge in [0.1, 0.15) is 5.56 Å². The molecule has 30 heavy (non-hydrogen) atoms. The molecule has 1 aromatic heterocycles. The maximum absolute atomic E-state index is 13.6. The van der Waals surface area contributed by atoms with Crippen LogP contribution in [0.4, 0.5) is 42.0 Å². The molecule has 0 aliphatic heterocycles. The summed E-state index contributed by atoms with van der Waals surface area (Å²) in [6.07, 6.45) is -3.95. The molecule has 0 spiro atoms. The largest absolute Gasteiger partial charge is 0.421 e. The van der Waals surface area contributed by atoms with Crippen molar-refractivity contribution < 1.29 is 18.1 Å². The number of benzene rings is 2. The lowest BCUT2D eigenvalue weighted by Crippen LogP contribution is -2.21. The van der Waals surface area contributed by atoms with Gasteiger partial charge in [-0.25, -0.2) is 4.98 Å². The Bertz CT molecular complexity index is 1060. The number of rotatable bonds is 5. The first-order chi connectivity index (χ1) is 14.1. The first-order valence-corrected chi connectivity index (χ1v) is 8.87. The average molecular weight is 438 g/mol. The van der Waals surface area contributed by atoms with Crippen LogP contribution in [0.15, 0.2) is 54.7 Å². The number of hydrogen-bond donors (Lipinski definition) is 0. The zero-order valence-corrected chi connectivity index (χ0v) is 16.5. The van der Waals surface area contributed by atoms with Crippen LogP contribution < -0.4 is 9.80 Å². The lowest BCUT2D eigenvalue weighted by Gasteiger charge is -2.25. The highest BCUT2D eigenvalue weighted by Crippen LogP contribution is 2.38. The molecule has 11 heteroatoms. The van der Waals surface area contributed by atoms with Crippen molar-refractivity contribution in [2.75, 3.05) is 23.9 Å². The van der Waals surface area contributed by atoms with Gasteiger partial charge >= 0.3 is 6.18 Å². The minimum atomic E-state index is -4.67. The quantitative estimate of drug-likeness (QED) is 0.382. The molecule has 0 N–H and O–H groups in total. The summed E-state index contributed by atoms with van der Waals surface area (Å²) in [7, 11) is 3.01. The monoisotopic (exact) mass is 437 g/mol. The van der Waals surface area contributed by atoms with Crippen molar-refractivity contribution in [3.05, 3.63) is 75.4 Å². The number of non-ortho nitro benzene ring substituents is 1. The van der Waals surface area contributed by atoms with Crippen LogP contribution in [0.5, 0.6) is 0 Å². The summed E-state index contributed by atoms with van der Waals surface area (Å²) < 4.78 is 40.7. The number of nitrogens with zero attached hydrogens (tertiary/aromatic N) is 5. The predicted molar refractivity (Wildman–Crippen MR) is 108 cm³/mol. The third kappa shape index (κ3) is 4.43. The second-order valence-electron chi connectivity index (χ2n) is 6.27. The minimum Gasteiger partial charge on any atom is -0.329 e. The number of aromatic nitrogens is 2. The smallest absolute Gasteiger partial charge is 0.329 e. The van der Waals surface area contributed by atoms with Crippen LogP contribution in [0.2, 0.25) is 5.02 Å². The van der Waals surface area contributed by atoms with E-state index in [1.807, 2.05) is 0 Å². The molecule has 0 saturated heterocycles. The normalized spacial score (nSPS) is 11.3. The summed E-state index contributed by atoms with van der Waals surface area (Å²) >= 11 is 5.86. The van der Waals surface area contributed by atoms with E-state index in [2.05, 4.69) is 9.97 Å². The molecule has 0 aliphatic rings. The highest BCUT2D eigenvalue weighted by Gasteiger charge is 2.37. The molecule has 3 aromatic rings. The Balaban J connectivity index is 2.03. The van der Waals surface area contributed by atoms with Gasteiger partial charge in [0.15, 0.2) is 5.82 Å². The maximum Gasteiger partial charge on any atom is 0.421 e. The predicted octanol–water partition coefficient (Wildman–Crippen LogP) is 5.59. The number of nitro groups is 1. The van der Waals surface area contributed by atoms with Gasteiger partial charge in [0.05, 0.1) is 4.92 Å². The molecule has 0 amide bonds. The number of halogens is 4. The summed E-state index contributed by atoms with van der Waals surface area (Å²) in [6, 6.07) is 11.8. The van der Waals surface area contributed by atoms with E-state index in [-0.39, 0.29) is 17.5 Å². The van der Waals surface area contributed by atoms with Gasteiger partial charge < -0.3 is 9.80 Å². The standard InChI is InChI=1S/C19H15ClF3N5O2/c1-26(13-5-3-12(20)4-6-13)17-16(19(21,22)23)11-24-18(25-17)27(2)14-7-9-15(10-8-14)28(29)30/h3-11H,1-2H3. The molecular formula is C19H15ClF3N5O2. The van der Waals surface area contributed by atoms with Crippen molar-refractivity contribution in [1.82, 2.24) is 9.97 Å². The van der Waals surface area contributed by atoms with E-state index in [1.165, 1.54) is 41.1 Å². The van der Waals surface area contributed by atoms with Gasteiger partial charge in [-0.3, -0.25) is 10.1 Å². The highest BCUT2D eigenvalue weighted by molar-refractivity contribution is 6.30. The van der Waals surface area contributed by atoms with Crippen molar-refractivity contribution in [3.8, 4) is 0 Å². The molecule has 0 bridgehead atoms. The van der Waals surface area contributed by atoms with Crippen molar-refractivity contribution in [3.63, 3.8) is 0 Å². The van der Waals surface area contributed by atoms with E-state index in [0.29, 0.717) is 22.6 Å². The number of anilines is 4. The summed E-state index contributed by atoms with van der Waals surface area (Å²) in [5.74, 6) is -0.351. The molecule has 0 radical (unpaired) electrons. The lowest BCUT2D eigenvalue weighted by molar-refractivity contribution is -0.384. The minimum absolute atomic E-state index is 0.00679. The van der Waals surface area contributed by atoms with Crippen molar-refractivity contribution in [2.24, 2.45) is 0 Å². The molecule has 1 heterocycles. The van der Waals surface area contributed by atoms with Gasteiger partial charge in [-0.05, 0) is 36.4 Å². The van der Waals surface area contributed by atoms with Gasteiger partial charge in [0.25, 0.3) is 5.69 Å². The van der Waals surface area contributed by atoms with Crippen LogP contribution >= 0.6 is 11.6 Å². The fraction of sp³-hybridized carbons (Fsp3) is 0.158. The molecule has 156 valence electrons. The number of hydrogen-bond acceptors (Lipinski definition) is 6. The second-order valence-corrected chi connectivity index (χ2v) is 6.71. The summed E-state index contributed by atoms with van der Waals surface area (Å²) in [5, 5.41) is 11.3. The van der Waals surface area contributed by atoms with E-state index < -0.39 is 16.7 Å². The maximum atomic E-state index is 13.6. The molecule has 3 rings (SSSR count). The Labute approximate surface area is 174 Å². The molecular weight excluding hydrogens is 423 g/mol. The first-order valence-electron chi connectivity index (χ1n) is 8.49. The molecule has 0 fully saturated rings. The van der Waals surface area contributed by atoms with E-state index in [1.54, 1.807) is 31.3 Å². The van der Waals surface area contributed by atoms with Crippen molar-refractivity contribution >= 4 is 40.4 Å². The number of alkyl halides is 3. The third-order valence-corrected chi connectivity index (χ3v) is 4.59. The van der Waals surface area contributed by atoms with E-state index in [9.17, 15) is 23.3 Å². The van der Waals surface area contributed by atoms with Crippen molar-refractivity contribution in [1.29, 1.82) is 0 Å². The first kappa shape index (κ1) is 21.3. The van der Waals surface area contributed by atoms with Gasteiger partial charge in [-0.15, -0.1) is 0 Å². The van der Waals surface area contributed by atoms with Crippen LogP contribution in [-0.4, -0.2) is 29.0 Å². The van der Waals surface area contributed by atoms with Gasteiger partial charge in [0.2, 0.25) is 5.95 Å². The van der Waals surface area contributed by atoms with Gasteiger partial charge in [-0.2, -0.15) is 18.2 Å². The highest BCUT2D eigenvalue weighted by atomic mass is 35.5. The Hall–Kier alpha value is -3.40. The van der Waals surface area contributed by atoms with E-state index in [4.69, 9.17) is 11.6 Å². The van der Waals surface area contributed by atoms with E-state index >= 15 is 0 Å². The van der Waals surface area contributed by atoms with Gasteiger partial charge in [-0.1, -0.05) is 11.6 Å². The Kier molecular flexibility index (Phi) is 5.79. The Morgan fingerprint density at radius 3 is 2.03 bits per heavy atom. The molecule has 0 aliphatic carbocycles. The lowest BCUT2D eigenvalue weighted by atomic mass is 10.2. The zero-order chi connectivity index (χ0) is 22.1. The molecule has 2 aromatic carbocycles. The van der Waals surface area contributed by atoms with E-state index in [0.717, 1.165) is 0 Å². The Morgan fingerprint density at radius 1 is 0.967 bits per heavy atom. The number of nitro benzene ring substituents is 1. The van der Waals surface area contributed by atoms with Crippen molar-refractivity contribution in [2.45, 2.75) is 6.18 Å². The molecule has 7 nitrogen and oxygen atoms in total. The third-order valence-electron chi connectivity index (χ3n) is 4.34. The molecule has 0 unspecified atom stereocenters. The van der Waals surface area contributed by atoms with Gasteiger partial charge in [0, 0.05) is 48.8 Å². The zero-order valence-electron chi connectivity index (χ0n) is 15.8. The molecule has 0 saturated carbocycles. The van der Waals surface area contributed by atoms with Crippen LogP contribution in [0.1, 0.15) is 5.56 Å². The summed E-state index contributed by atoms with van der Waals surface area (Å²) in [6.45, 7) is 0. The van der Waals surface area contributed by atoms with Crippen LogP contribution in [0, 0.1) is 10.1 Å². The SMILES string of the molecule is CN(c1ccc([N+](=O)[O-])cc1)c1ncc(C(F)(F)F)c(N(C)c2ccc(Cl)cc2)n1. The van der Waals surface area contributed by atoms with Crippen LogP contribution in [-0.2, 0) is 6.18 Å². The average Bonchev–Trinajstić information content (AvgIpc) is 2.72. The second kappa shape index (κ2) is 8.15. The molecule has 0 atom stereocenters. The summed E-state index contributed by atoms with van der Waals surface area (Å²) in [4.78, 5) is 20.9. The van der Waals surface area contributed by atoms with Crippen LogP contribution in [0.3, 0.4) is 0 Å². The summed E-state index contributed by atoms with van der Waals surface area (Å²) in [5.41, 5.74) is -0.183. The fourth-order valence-corrected chi connectivity index (χ4v) is 2.81. The Morgan fingerprint density at radius 2 is 1.50 bits per heavy atom.